The van der Waals surface area contributed by atoms with Crippen LogP contribution in [0.15, 0.2) is 0 Å². The van der Waals surface area contributed by atoms with Crippen molar-refractivity contribution in [2.24, 2.45) is 23.2 Å². The molecule has 1 atom stereocenters. The van der Waals surface area contributed by atoms with Gasteiger partial charge in [0.1, 0.15) is 0 Å². The molecule has 1 aliphatic carbocycles. The molecule has 0 aromatic carbocycles. The number of nitrogens with one attached hydrogen (secondary N) is 1. The van der Waals surface area contributed by atoms with Crippen LogP contribution in [0.5, 0.6) is 0 Å². The molecule has 1 amide bonds. The SMILES string of the molecule is CCC(CCBr)CNC(=O)C1CCC(C(C)(C)C)CC1. The fourth-order valence-corrected chi connectivity index (χ4v) is 3.86. The van der Waals surface area contributed by atoms with Crippen molar-refractivity contribution in [1.82, 2.24) is 5.32 Å². The molecule has 2 nitrogen and oxygen atoms in total. The van der Waals surface area contributed by atoms with E-state index in [-0.39, 0.29) is 5.92 Å². The van der Waals surface area contributed by atoms with Crippen LogP contribution in [-0.4, -0.2) is 17.8 Å². The molecule has 0 aromatic heterocycles. The summed E-state index contributed by atoms with van der Waals surface area (Å²) < 4.78 is 0. The summed E-state index contributed by atoms with van der Waals surface area (Å²) in [5.41, 5.74) is 0.393. The Bertz CT molecular complexity index is 290. The molecule has 0 aromatic rings. The highest BCUT2D eigenvalue weighted by Gasteiger charge is 2.32. The van der Waals surface area contributed by atoms with E-state index >= 15 is 0 Å². The first kappa shape index (κ1) is 18.0. The Labute approximate surface area is 133 Å². The van der Waals surface area contributed by atoms with Crippen LogP contribution in [-0.2, 0) is 4.79 Å². The minimum absolute atomic E-state index is 0.259. The molecule has 20 heavy (non-hydrogen) atoms. The van der Waals surface area contributed by atoms with Crippen molar-refractivity contribution in [3.8, 4) is 0 Å². The number of rotatable bonds is 6. The summed E-state index contributed by atoms with van der Waals surface area (Å²) in [5, 5.41) is 4.21. The van der Waals surface area contributed by atoms with Crippen LogP contribution in [0.25, 0.3) is 0 Å². The molecule has 0 radical (unpaired) electrons. The maximum absolute atomic E-state index is 12.3. The summed E-state index contributed by atoms with van der Waals surface area (Å²) in [6, 6.07) is 0. The first-order valence-corrected chi connectivity index (χ1v) is 9.34. The zero-order chi connectivity index (χ0) is 15.2. The first-order valence-electron chi connectivity index (χ1n) is 8.22. The summed E-state index contributed by atoms with van der Waals surface area (Å²) in [6.07, 6.45) is 6.85. The monoisotopic (exact) mass is 345 g/mol. The van der Waals surface area contributed by atoms with E-state index < -0.39 is 0 Å². The Balaban J connectivity index is 2.32. The van der Waals surface area contributed by atoms with Crippen LogP contribution in [0.3, 0.4) is 0 Å². The summed E-state index contributed by atoms with van der Waals surface area (Å²) >= 11 is 3.49. The van der Waals surface area contributed by atoms with Gasteiger partial charge in [0.2, 0.25) is 5.91 Å². The van der Waals surface area contributed by atoms with E-state index in [9.17, 15) is 4.79 Å². The van der Waals surface area contributed by atoms with Gasteiger partial charge in [0.05, 0.1) is 0 Å². The molecule has 0 spiro atoms. The Kier molecular flexibility index (Phi) is 7.57. The van der Waals surface area contributed by atoms with E-state index in [2.05, 4.69) is 48.9 Å². The van der Waals surface area contributed by atoms with Crippen molar-refractivity contribution < 1.29 is 4.79 Å². The van der Waals surface area contributed by atoms with E-state index in [4.69, 9.17) is 0 Å². The first-order chi connectivity index (χ1) is 9.38. The molecule has 1 rings (SSSR count). The second-order valence-corrected chi connectivity index (χ2v) is 8.20. The van der Waals surface area contributed by atoms with Crippen molar-refractivity contribution in [2.45, 2.75) is 66.2 Å². The van der Waals surface area contributed by atoms with Gasteiger partial charge in [-0.25, -0.2) is 0 Å². The molecule has 3 heteroatoms. The minimum Gasteiger partial charge on any atom is -0.356 e. The van der Waals surface area contributed by atoms with Gasteiger partial charge in [0.25, 0.3) is 0 Å². The summed E-state index contributed by atoms with van der Waals surface area (Å²) in [5.74, 6) is 1.95. The van der Waals surface area contributed by atoms with E-state index in [0.717, 1.165) is 43.5 Å². The average molecular weight is 346 g/mol. The van der Waals surface area contributed by atoms with E-state index in [1.54, 1.807) is 0 Å². The van der Waals surface area contributed by atoms with Gasteiger partial charge in [0.15, 0.2) is 0 Å². The normalized spacial score (nSPS) is 25.2. The number of alkyl halides is 1. The van der Waals surface area contributed by atoms with Gasteiger partial charge in [-0.05, 0) is 49.4 Å². The van der Waals surface area contributed by atoms with Crippen molar-refractivity contribution in [3.63, 3.8) is 0 Å². The largest absolute Gasteiger partial charge is 0.356 e. The standard InChI is InChI=1S/C17H32BrNO/c1-5-13(10-11-18)12-19-16(20)14-6-8-15(9-7-14)17(2,3)4/h13-15H,5-12H2,1-4H3,(H,19,20). The highest BCUT2D eigenvalue weighted by molar-refractivity contribution is 9.09. The van der Waals surface area contributed by atoms with Gasteiger partial charge >= 0.3 is 0 Å². The Hall–Kier alpha value is -0.0500. The fourth-order valence-electron chi connectivity index (χ4n) is 3.22. The van der Waals surface area contributed by atoms with Gasteiger partial charge < -0.3 is 5.32 Å². The number of halogens is 1. The minimum atomic E-state index is 0.259. The predicted octanol–water partition coefficient (Wildman–Crippen LogP) is 4.77. The number of carbonyl (C=O) groups excluding carboxylic acids is 1. The third kappa shape index (κ3) is 5.75. The van der Waals surface area contributed by atoms with Crippen molar-refractivity contribution in [2.75, 3.05) is 11.9 Å². The lowest BCUT2D eigenvalue weighted by atomic mass is 9.69. The van der Waals surface area contributed by atoms with Gasteiger partial charge in [-0.3, -0.25) is 4.79 Å². The Morgan fingerprint density at radius 2 is 1.85 bits per heavy atom. The quantitative estimate of drug-likeness (QED) is 0.690. The lowest BCUT2D eigenvalue weighted by Gasteiger charge is -2.36. The molecular weight excluding hydrogens is 314 g/mol. The Morgan fingerprint density at radius 1 is 1.25 bits per heavy atom. The van der Waals surface area contributed by atoms with Crippen LogP contribution >= 0.6 is 15.9 Å². The molecule has 118 valence electrons. The number of hydrogen-bond donors (Lipinski definition) is 1. The predicted molar refractivity (Wildman–Crippen MR) is 90.1 cm³/mol. The lowest BCUT2D eigenvalue weighted by Crippen LogP contribution is -2.37. The number of hydrogen-bond acceptors (Lipinski definition) is 1. The van der Waals surface area contributed by atoms with E-state index in [0.29, 0.717) is 17.2 Å². The van der Waals surface area contributed by atoms with Crippen LogP contribution in [0.1, 0.15) is 66.2 Å². The molecule has 1 aliphatic rings. The number of amides is 1. The molecule has 1 unspecified atom stereocenters. The molecule has 0 heterocycles. The molecular formula is C17H32BrNO. The van der Waals surface area contributed by atoms with E-state index in [1.807, 2.05) is 0 Å². The van der Waals surface area contributed by atoms with Crippen LogP contribution in [0, 0.1) is 23.2 Å². The van der Waals surface area contributed by atoms with Gasteiger partial charge in [-0.2, -0.15) is 0 Å². The average Bonchev–Trinajstić information content (AvgIpc) is 2.42. The van der Waals surface area contributed by atoms with Gasteiger partial charge in [-0.15, -0.1) is 0 Å². The van der Waals surface area contributed by atoms with Crippen molar-refractivity contribution in [3.05, 3.63) is 0 Å². The third-order valence-corrected chi connectivity index (χ3v) is 5.44. The zero-order valence-electron chi connectivity index (χ0n) is 13.7. The molecule has 0 saturated heterocycles. The second kappa shape index (κ2) is 8.41. The third-order valence-electron chi connectivity index (χ3n) is 4.98. The molecule has 1 fully saturated rings. The lowest BCUT2D eigenvalue weighted by molar-refractivity contribution is -0.126. The molecule has 0 bridgehead atoms. The topological polar surface area (TPSA) is 29.1 Å². The zero-order valence-corrected chi connectivity index (χ0v) is 15.3. The summed E-state index contributed by atoms with van der Waals surface area (Å²) in [7, 11) is 0. The van der Waals surface area contributed by atoms with Crippen LogP contribution in [0.2, 0.25) is 0 Å². The second-order valence-electron chi connectivity index (χ2n) is 7.41. The van der Waals surface area contributed by atoms with Gasteiger partial charge in [0, 0.05) is 17.8 Å². The highest BCUT2D eigenvalue weighted by Crippen LogP contribution is 2.39. The summed E-state index contributed by atoms with van der Waals surface area (Å²) in [4.78, 5) is 12.3. The smallest absolute Gasteiger partial charge is 0.223 e. The van der Waals surface area contributed by atoms with Crippen LogP contribution < -0.4 is 5.32 Å². The van der Waals surface area contributed by atoms with Crippen molar-refractivity contribution in [1.29, 1.82) is 0 Å². The van der Waals surface area contributed by atoms with Gasteiger partial charge in [-0.1, -0.05) is 50.0 Å². The van der Waals surface area contributed by atoms with E-state index in [1.165, 1.54) is 12.8 Å². The maximum Gasteiger partial charge on any atom is 0.223 e. The van der Waals surface area contributed by atoms with Crippen LogP contribution in [0.4, 0.5) is 0 Å². The maximum atomic E-state index is 12.3. The molecule has 1 saturated carbocycles. The highest BCUT2D eigenvalue weighted by atomic mass is 79.9. The Morgan fingerprint density at radius 3 is 2.30 bits per heavy atom. The summed E-state index contributed by atoms with van der Waals surface area (Å²) in [6.45, 7) is 10.0. The fraction of sp³-hybridized carbons (Fsp3) is 0.941. The van der Waals surface area contributed by atoms with Crippen molar-refractivity contribution >= 4 is 21.8 Å². The number of carbonyl (C=O) groups is 1. The molecule has 0 aliphatic heterocycles. The molecule has 1 N–H and O–H groups in total.